The third kappa shape index (κ3) is 1.90. The lowest BCUT2D eigenvalue weighted by molar-refractivity contribution is 0.418. The Kier molecular flexibility index (Phi) is 3.16. The SMILES string of the molecule is CCC(C)(CN)c1ncc(F)cc1F. The highest BCUT2D eigenvalue weighted by molar-refractivity contribution is 5.19. The minimum Gasteiger partial charge on any atom is -0.330 e. The summed E-state index contributed by atoms with van der Waals surface area (Å²) in [7, 11) is 0. The molecule has 0 fully saturated rings. The van der Waals surface area contributed by atoms with E-state index in [9.17, 15) is 8.78 Å². The van der Waals surface area contributed by atoms with Gasteiger partial charge in [0.2, 0.25) is 0 Å². The fraction of sp³-hybridized carbons (Fsp3) is 0.500. The zero-order valence-corrected chi connectivity index (χ0v) is 8.35. The van der Waals surface area contributed by atoms with E-state index in [1.165, 1.54) is 0 Å². The molecule has 0 saturated heterocycles. The average molecular weight is 200 g/mol. The summed E-state index contributed by atoms with van der Waals surface area (Å²) in [6.07, 6.45) is 1.68. The minimum atomic E-state index is -0.665. The molecule has 0 aliphatic heterocycles. The van der Waals surface area contributed by atoms with Crippen LogP contribution >= 0.6 is 0 Å². The highest BCUT2D eigenvalue weighted by Crippen LogP contribution is 2.26. The molecule has 0 saturated carbocycles. The van der Waals surface area contributed by atoms with Gasteiger partial charge in [-0.15, -0.1) is 0 Å². The van der Waals surface area contributed by atoms with Crippen molar-refractivity contribution in [2.45, 2.75) is 25.7 Å². The van der Waals surface area contributed by atoms with Gasteiger partial charge >= 0.3 is 0 Å². The molecule has 1 heterocycles. The van der Waals surface area contributed by atoms with Gasteiger partial charge in [0.15, 0.2) is 0 Å². The van der Waals surface area contributed by atoms with Gasteiger partial charge in [0, 0.05) is 18.0 Å². The maximum Gasteiger partial charge on any atom is 0.148 e. The van der Waals surface area contributed by atoms with Crippen molar-refractivity contribution in [1.29, 1.82) is 0 Å². The largest absolute Gasteiger partial charge is 0.330 e. The number of hydrogen-bond donors (Lipinski definition) is 1. The molecule has 0 aliphatic carbocycles. The minimum absolute atomic E-state index is 0.240. The van der Waals surface area contributed by atoms with Crippen molar-refractivity contribution in [3.8, 4) is 0 Å². The first-order chi connectivity index (χ1) is 6.53. The monoisotopic (exact) mass is 200 g/mol. The van der Waals surface area contributed by atoms with Crippen molar-refractivity contribution in [2.75, 3.05) is 6.54 Å². The van der Waals surface area contributed by atoms with E-state index in [-0.39, 0.29) is 5.69 Å². The molecule has 1 rings (SSSR count). The second-order valence-electron chi connectivity index (χ2n) is 3.60. The van der Waals surface area contributed by atoms with E-state index in [1.807, 2.05) is 13.8 Å². The maximum absolute atomic E-state index is 13.4. The molecule has 78 valence electrons. The summed E-state index contributed by atoms with van der Waals surface area (Å²) >= 11 is 0. The molecule has 0 spiro atoms. The molecule has 1 aromatic rings. The number of pyridine rings is 1. The summed E-state index contributed by atoms with van der Waals surface area (Å²) in [6, 6.07) is 0.839. The summed E-state index contributed by atoms with van der Waals surface area (Å²) < 4.78 is 26.0. The van der Waals surface area contributed by atoms with Crippen molar-refractivity contribution in [2.24, 2.45) is 5.73 Å². The summed E-state index contributed by atoms with van der Waals surface area (Å²) in [5, 5.41) is 0. The molecule has 0 aromatic carbocycles. The van der Waals surface area contributed by atoms with E-state index < -0.39 is 17.0 Å². The van der Waals surface area contributed by atoms with E-state index >= 15 is 0 Å². The predicted octanol–water partition coefficient (Wildman–Crippen LogP) is 1.99. The highest BCUT2D eigenvalue weighted by atomic mass is 19.1. The van der Waals surface area contributed by atoms with E-state index in [0.29, 0.717) is 13.0 Å². The average Bonchev–Trinajstić information content (AvgIpc) is 2.17. The maximum atomic E-state index is 13.4. The van der Waals surface area contributed by atoms with Crippen LogP contribution in [-0.4, -0.2) is 11.5 Å². The molecule has 1 unspecified atom stereocenters. The fourth-order valence-electron chi connectivity index (χ4n) is 1.27. The summed E-state index contributed by atoms with van der Waals surface area (Å²) in [6.45, 7) is 4.01. The van der Waals surface area contributed by atoms with Gasteiger partial charge in [0.05, 0.1) is 11.9 Å². The van der Waals surface area contributed by atoms with E-state index in [2.05, 4.69) is 4.98 Å². The topological polar surface area (TPSA) is 38.9 Å². The number of halogens is 2. The van der Waals surface area contributed by atoms with Crippen LogP contribution in [-0.2, 0) is 5.41 Å². The van der Waals surface area contributed by atoms with Crippen molar-refractivity contribution in [3.63, 3.8) is 0 Å². The van der Waals surface area contributed by atoms with Crippen LogP contribution in [0, 0.1) is 11.6 Å². The molecule has 2 N–H and O–H groups in total. The Bertz CT molecular complexity index is 322. The lowest BCUT2D eigenvalue weighted by atomic mass is 9.83. The number of nitrogens with two attached hydrogens (primary N) is 1. The van der Waals surface area contributed by atoms with Crippen LogP contribution in [0.4, 0.5) is 8.78 Å². The van der Waals surface area contributed by atoms with Crippen LogP contribution in [0.15, 0.2) is 12.3 Å². The van der Waals surface area contributed by atoms with Gasteiger partial charge in [-0.2, -0.15) is 0 Å². The van der Waals surface area contributed by atoms with Crippen LogP contribution in [0.25, 0.3) is 0 Å². The summed E-state index contributed by atoms with van der Waals surface area (Å²) in [5.41, 5.74) is 5.28. The first kappa shape index (κ1) is 11.0. The van der Waals surface area contributed by atoms with Gasteiger partial charge < -0.3 is 5.73 Å². The van der Waals surface area contributed by atoms with Crippen molar-refractivity contribution >= 4 is 0 Å². The molecular weight excluding hydrogens is 186 g/mol. The predicted molar refractivity (Wildman–Crippen MR) is 50.9 cm³/mol. The first-order valence-electron chi connectivity index (χ1n) is 4.55. The second kappa shape index (κ2) is 4.00. The smallest absolute Gasteiger partial charge is 0.148 e. The Morgan fingerprint density at radius 2 is 2.14 bits per heavy atom. The van der Waals surface area contributed by atoms with Crippen molar-refractivity contribution in [3.05, 3.63) is 29.6 Å². The fourth-order valence-corrected chi connectivity index (χ4v) is 1.27. The van der Waals surface area contributed by atoms with Crippen molar-refractivity contribution in [1.82, 2.24) is 4.98 Å². The third-order valence-electron chi connectivity index (χ3n) is 2.61. The molecule has 2 nitrogen and oxygen atoms in total. The highest BCUT2D eigenvalue weighted by Gasteiger charge is 2.27. The van der Waals surface area contributed by atoms with Crippen LogP contribution in [0.5, 0.6) is 0 Å². The van der Waals surface area contributed by atoms with Crippen LogP contribution in [0.3, 0.4) is 0 Å². The molecule has 14 heavy (non-hydrogen) atoms. The lowest BCUT2D eigenvalue weighted by Crippen LogP contribution is -2.33. The quantitative estimate of drug-likeness (QED) is 0.810. The normalized spacial score (nSPS) is 15.2. The number of nitrogens with zero attached hydrogens (tertiary/aromatic N) is 1. The Labute approximate surface area is 82.1 Å². The van der Waals surface area contributed by atoms with Crippen LogP contribution < -0.4 is 5.73 Å². The summed E-state index contributed by atoms with van der Waals surface area (Å²) in [5.74, 6) is -1.29. The molecule has 0 bridgehead atoms. The van der Waals surface area contributed by atoms with Crippen molar-refractivity contribution < 1.29 is 8.78 Å². The molecular formula is C10H14F2N2. The molecule has 0 aliphatic rings. The van der Waals surface area contributed by atoms with Gasteiger partial charge in [-0.3, -0.25) is 4.98 Å². The van der Waals surface area contributed by atoms with Gasteiger partial charge in [-0.25, -0.2) is 8.78 Å². The number of aromatic nitrogens is 1. The Morgan fingerprint density at radius 1 is 1.50 bits per heavy atom. The second-order valence-corrected chi connectivity index (χ2v) is 3.60. The summed E-state index contributed by atoms with van der Waals surface area (Å²) in [4.78, 5) is 3.76. The molecule has 1 aromatic heterocycles. The van der Waals surface area contributed by atoms with E-state index in [1.54, 1.807) is 0 Å². The van der Waals surface area contributed by atoms with Gasteiger partial charge in [-0.1, -0.05) is 13.8 Å². The Balaban J connectivity index is 3.17. The number of rotatable bonds is 3. The number of hydrogen-bond acceptors (Lipinski definition) is 2. The molecule has 4 heteroatoms. The zero-order valence-electron chi connectivity index (χ0n) is 8.35. The van der Waals surface area contributed by atoms with Gasteiger partial charge in [-0.05, 0) is 6.42 Å². The van der Waals surface area contributed by atoms with E-state index in [0.717, 1.165) is 12.3 Å². The third-order valence-corrected chi connectivity index (χ3v) is 2.61. The molecule has 0 amide bonds. The standard InChI is InChI=1S/C10H14F2N2/c1-3-10(2,6-13)9-8(12)4-7(11)5-14-9/h4-5H,3,6,13H2,1-2H3. The van der Waals surface area contributed by atoms with E-state index in [4.69, 9.17) is 5.73 Å². The zero-order chi connectivity index (χ0) is 10.8. The Morgan fingerprint density at radius 3 is 2.57 bits per heavy atom. The Hall–Kier alpha value is -1.03. The lowest BCUT2D eigenvalue weighted by Gasteiger charge is -2.25. The van der Waals surface area contributed by atoms with Crippen LogP contribution in [0.1, 0.15) is 26.0 Å². The van der Waals surface area contributed by atoms with Crippen LogP contribution in [0.2, 0.25) is 0 Å². The first-order valence-corrected chi connectivity index (χ1v) is 4.55. The molecule has 1 atom stereocenters. The molecule has 0 radical (unpaired) electrons. The van der Waals surface area contributed by atoms with Gasteiger partial charge in [0.1, 0.15) is 11.6 Å². The van der Waals surface area contributed by atoms with Gasteiger partial charge in [0.25, 0.3) is 0 Å².